The number of hydrogen-bond donors (Lipinski definition) is 0. The van der Waals surface area contributed by atoms with E-state index in [-0.39, 0.29) is 23.5 Å². The molecule has 0 spiro atoms. The van der Waals surface area contributed by atoms with Gasteiger partial charge in [-0.2, -0.15) is 0 Å². The second-order valence-corrected chi connectivity index (χ2v) is 10.4. The van der Waals surface area contributed by atoms with Gasteiger partial charge in [0.2, 0.25) is 5.91 Å². The van der Waals surface area contributed by atoms with Crippen molar-refractivity contribution in [2.45, 2.75) is 32.1 Å². The summed E-state index contributed by atoms with van der Waals surface area (Å²) in [5.74, 6) is 1.27. The van der Waals surface area contributed by atoms with E-state index in [1.165, 1.54) is 16.7 Å². The molecule has 1 saturated heterocycles. The van der Waals surface area contributed by atoms with Crippen LogP contribution in [0.4, 0.5) is 5.69 Å². The minimum Gasteiger partial charge on any atom is -0.308 e. The van der Waals surface area contributed by atoms with Gasteiger partial charge in [-0.1, -0.05) is 47.5 Å². The van der Waals surface area contributed by atoms with Crippen LogP contribution in [0.15, 0.2) is 48.5 Å². The Morgan fingerprint density at radius 2 is 1.78 bits per heavy atom. The lowest BCUT2D eigenvalue weighted by Gasteiger charge is -2.28. The van der Waals surface area contributed by atoms with E-state index < -0.39 is 9.84 Å². The van der Waals surface area contributed by atoms with Gasteiger partial charge in [-0.25, -0.2) is 8.42 Å². The molecule has 0 saturated carbocycles. The fourth-order valence-electron chi connectivity index (χ4n) is 3.60. The zero-order valence-electron chi connectivity index (χ0n) is 15.7. The van der Waals surface area contributed by atoms with E-state index in [2.05, 4.69) is 32.0 Å². The molecule has 1 fully saturated rings. The third-order valence-electron chi connectivity index (χ3n) is 4.65. The fourth-order valence-corrected chi connectivity index (χ4v) is 6.12. The highest BCUT2D eigenvalue weighted by atomic mass is 32.2. The summed E-state index contributed by atoms with van der Waals surface area (Å²) in [6.45, 7) is 4.15. The molecule has 2 aromatic carbocycles. The number of hydrogen-bond acceptors (Lipinski definition) is 4. The Labute approximate surface area is 165 Å². The van der Waals surface area contributed by atoms with Crippen molar-refractivity contribution in [3.05, 3.63) is 65.2 Å². The van der Waals surface area contributed by atoms with E-state index in [0.717, 1.165) is 11.4 Å². The third kappa shape index (κ3) is 5.36. The smallest absolute Gasteiger partial charge is 0.237 e. The summed E-state index contributed by atoms with van der Waals surface area (Å²) in [5.41, 5.74) is 4.43. The van der Waals surface area contributed by atoms with Gasteiger partial charge in [0, 0.05) is 11.4 Å². The number of carbonyl (C=O) groups is 1. The molecule has 1 heterocycles. The minimum atomic E-state index is -3.06. The topological polar surface area (TPSA) is 54.5 Å². The van der Waals surface area contributed by atoms with Gasteiger partial charge >= 0.3 is 0 Å². The van der Waals surface area contributed by atoms with Crippen molar-refractivity contribution in [2.75, 3.05) is 22.2 Å². The molecule has 6 heteroatoms. The molecule has 0 bridgehead atoms. The molecule has 1 atom stereocenters. The maximum Gasteiger partial charge on any atom is 0.237 e. The maximum absolute atomic E-state index is 13.0. The lowest BCUT2D eigenvalue weighted by molar-refractivity contribution is -0.116. The second-order valence-electron chi connectivity index (χ2n) is 7.14. The van der Waals surface area contributed by atoms with Crippen LogP contribution in [0.5, 0.6) is 0 Å². The van der Waals surface area contributed by atoms with Gasteiger partial charge in [-0.15, -0.1) is 11.8 Å². The van der Waals surface area contributed by atoms with E-state index in [0.29, 0.717) is 12.2 Å². The molecule has 1 aliphatic heterocycles. The molecule has 27 heavy (non-hydrogen) atoms. The Kier molecular flexibility index (Phi) is 6.27. The lowest BCUT2D eigenvalue weighted by atomic mass is 10.1. The molecule has 4 nitrogen and oxygen atoms in total. The summed E-state index contributed by atoms with van der Waals surface area (Å²) >= 11 is 1.57. The highest BCUT2D eigenvalue weighted by Gasteiger charge is 2.35. The zero-order valence-corrected chi connectivity index (χ0v) is 17.4. The quantitative estimate of drug-likeness (QED) is 0.737. The Hall–Kier alpha value is -1.79. The lowest BCUT2D eigenvalue weighted by Crippen LogP contribution is -2.42. The predicted octanol–water partition coefficient (Wildman–Crippen LogP) is 3.76. The van der Waals surface area contributed by atoms with Gasteiger partial charge in [-0.05, 0) is 38.0 Å². The molecule has 0 aromatic heterocycles. The molecular weight excluding hydrogens is 378 g/mol. The Bertz CT molecular complexity index is 890. The van der Waals surface area contributed by atoms with Crippen molar-refractivity contribution in [1.82, 2.24) is 0 Å². The molecule has 0 aliphatic carbocycles. The van der Waals surface area contributed by atoms with Crippen LogP contribution in [0.25, 0.3) is 0 Å². The summed E-state index contributed by atoms with van der Waals surface area (Å²) in [6.07, 6.45) is 0.505. The summed E-state index contributed by atoms with van der Waals surface area (Å²) in [6, 6.07) is 15.5. The van der Waals surface area contributed by atoms with E-state index >= 15 is 0 Å². The molecule has 144 valence electrons. The molecular formula is C21H25NO3S2. The van der Waals surface area contributed by atoms with Gasteiger partial charge < -0.3 is 4.90 Å². The van der Waals surface area contributed by atoms with Crippen molar-refractivity contribution in [1.29, 1.82) is 0 Å². The van der Waals surface area contributed by atoms with E-state index in [4.69, 9.17) is 0 Å². The molecule has 0 N–H and O–H groups in total. The number of anilines is 1. The standard InChI is InChI=1S/C21H25NO3S2/c1-16-10-17(2)12-18(11-16)13-26-14-21(23)22(19-6-4-3-5-7-19)20-8-9-27(24,25)15-20/h3-7,10-12,20H,8-9,13-15H2,1-2H3/t20-/m1/s1. The Morgan fingerprint density at radius 1 is 1.11 bits per heavy atom. The predicted molar refractivity (Wildman–Crippen MR) is 113 cm³/mol. The third-order valence-corrected chi connectivity index (χ3v) is 7.39. The molecule has 0 radical (unpaired) electrons. The van der Waals surface area contributed by atoms with Crippen LogP contribution in [0.2, 0.25) is 0 Å². The fraction of sp³-hybridized carbons (Fsp3) is 0.381. The van der Waals surface area contributed by atoms with Crippen LogP contribution in [-0.4, -0.2) is 37.6 Å². The van der Waals surface area contributed by atoms with Gasteiger partial charge in [0.05, 0.1) is 23.3 Å². The summed E-state index contributed by atoms with van der Waals surface area (Å²) in [7, 11) is -3.06. The maximum atomic E-state index is 13.0. The number of sulfone groups is 1. The van der Waals surface area contributed by atoms with Crippen LogP contribution in [0, 0.1) is 13.8 Å². The van der Waals surface area contributed by atoms with Crippen molar-refractivity contribution in [3.8, 4) is 0 Å². The van der Waals surface area contributed by atoms with Gasteiger partial charge in [0.25, 0.3) is 0 Å². The number of nitrogens with zero attached hydrogens (tertiary/aromatic N) is 1. The first-order chi connectivity index (χ1) is 12.8. The zero-order chi connectivity index (χ0) is 19.4. The summed E-state index contributed by atoms with van der Waals surface area (Å²) in [4.78, 5) is 14.7. The first kappa shape index (κ1) is 20.0. The van der Waals surface area contributed by atoms with Crippen molar-refractivity contribution >= 4 is 33.2 Å². The number of carbonyl (C=O) groups excluding carboxylic acids is 1. The van der Waals surface area contributed by atoms with Crippen molar-refractivity contribution in [3.63, 3.8) is 0 Å². The average molecular weight is 404 g/mol. The number of amides is 1. The van der Waals surface area contributed by atoms with Crippen LogP contribution >= 0.6 is 11.8 Å². The van der Waals surface area contributed by atoms with Crippen LogP contribution in [0.1, 0.15) is 23.1 Å². The second kappa shape index (κ2) is 8.48. The number of thioether (sulfide) groups is 1. The summed E-state index contributed by atoms with van der Waals surface area (Å²) < 4.78 is 23.8. The van der Waals surface area contributed by atoms with Gasteiger partial charge in [-0.3, -0.25) is 4.79 Å². The van der Waals surface area contributed by atoms with E-state index in [1.54, 1.807) is 16.7 Å². The first-order valence-corrected chi connectivity index (χ1v) is 12.0. The van der Waals surface area contributed by atoms with E-state index in [1.807, 2.05) is 30.3 Å². The SMILES string of the molecule is Cc1cc(C)cc(CSCC(=O)N(c2ccccc2)[C@@H]2CCS(=O)(=O)C2)c1. The van der Waals surface area contributed by atoms with E-state index in [9.17, 15) is 13.2 Å². The monoisotopic (exact) mass is 403 g/mol. The minimum absolute atomic E-state index is 0.0299. The Balaban J connectivity index is 1.69. The highest BCUT2D eigenvalue weighted by molar-refractivity contribution is 7.99. The number of aryl methyl sites for hydroxylation is 2. The van der Waals surface area contributed by atoms with Crippen LogP contribution < -0.4 is 4.90 Å². The average Bonchev–Trinajstić information content (AvgIpc) is 2.95. The first-order valence-electron chi connectivity index (χ1n) is 9.06. The molecule has 1 amide bonds. The number of para-hydroxylation sites is 1. The van der Waals surface area contributed by atoms with Crippen LogP contribution in [-0.2, 0) is 20.4 Å². The Morgan fingerprint density at radius 3 is 2.37 bits per heavy atom. The highest BCUT2D eigenvalue weighted by Crippen LogP contribution is 2.26. The largest absolute Gasteiger partial charge is 0.308 e. The molecule has 0 unspecified atom stereocenters. The summed E-state index contributed by atoms with van der Waals surface area (Å²) in [5, 5.41) is 0. The molecule has 1 aliphatic rings. The number of rotatable bonds is 6. The van der Waals surface area contributed by atoms with Gasteiger partial charge in [0.15, 0.2) is 9.84 Å². The number of benzene rings is 2. The normalized spacial score (nSPS) is 18.4. The van der Waals surface area contributed by atoms with Crippen molar-refractivity contribution < 1.29 is 13.2 Å². The molecule has 2 aromatic rings. The van der Waals surface area contributed by atoms with Gasteiger partial charge in [0.1, 0.15) is 0 Å². The van der Waals surface area contributed by atoms with Crippen LogP contribution in [0.3, 0.4) is 0 Å². The molecule has 3 rings (SSSR count). The van der Waals surface area contributed by atoms with Crippen molar-refractivity contribution in [2.24, 2.45) is 0 Å².